The van der Waals surface area contributed by atoms with Gasteiger partial charge in [0.15, 0.2) is 5.78 Å². The van der Waals surface area contributed by atoms with Gasteiger partial charge in [-0.2, -0.15) is 0 Å². The number of carbonyl (C=O) groups excluding carboxylic acids is 1. The smallest absolute Gasteiger partial charge is 0.157 e. The fourth-order valence-electron chi connectivity index (χ4n) is 1.93. The van der Waals surface area contributed by atoms with E-state index in [9.17, 15) is 4.79 Å². The van der Waals surface area contributed by atoms with Gasteiger partial charge < -0.3 is 5.32 Å². The Balaban J connectivity index is 2.03. The molecule has 0 bridgehead atoms. The van der Waals surface area contributed by atoms with Gasteiger partial charge in [0.25, 0.3) is 0 Å². The number of ketones is 1. The summed E-state index contributed by atoms with van der Waals surface area (Å²) < 4.78 is 1.09. The molecule has 2 heterocycles. The predicted octanol–water partition coefficient (Wildman–Crippen LogP) is 2.76. The molecule has 1 saturated heterocycles. The Labute approximate surface area is 102 Å². The van der Waals surface area contributed by atoms with Crippen LogP contribution in [0.15, 0.2) is 15.9 Å². The summed E-state index contributed by atoms with van der Waals surface area (Å²) in [4.78, 5) is 13.2. The zero-order chi connectivity index (χ0) is 10.9. The molecule has 1 aromatic heterocycles. The SMILES string of the molecule is CC1(C(=O)Cc2ccc(Br)s2)CCCN1. The first kappa shape index (κ1) is 11.3. The first-order valence-corrected chi connectivity index (χ1v) is 6.74. The fraction of sp³-hybridized carbons (Fsp3) is 0.545. The van der Waals surface area contributed by atoms with Gasteiger partial charge in [-0.05, 0) is 54.4 Å². The molecule has 15 heavy (non-hydrogen) atoms. The molecule has 1 aliphatic heterocycles. The first-order chi connectivity index (χ1) is 7.10. The van der Waals surface area contributed by atoms with Gasteiger partial charge in [0.1, 0.15) is 0 Å². The van der Waals surface area contributed by atoms with Crippen molar-refractivity contribution < 1.29 is 4.79 Å². The largest absolute Gasteiger partial charge is 0.305 e. The van der Waals surface area contributed by atoms with Gasteiger partial charge in [0.2, 0.25) is 0 Å². The molecule has 2 rings (SSSR count). The van der Waals surface area contributed by atoms with E-state index in [1.807, 2.05) is 19.1 Å². The van der Waals surface area contributed by atoms with Crippen LogP contribution in [-0.4, -0.2) is 17.9 Å². The molecule has 2 nitrogen and oxygen atoms in total. The number of nitrogens with one attached hydrogen (secondary N) is 1. The van der Waals surface area contributed by atoms with Crippen LogP contribution >= 0.6 is 27.3 Å². The molecule has 4 heteroatoms. The van der Waals surface area contributed by atoms with Gasteiger partial charge in [0, 0.05) is 11.3 Å². The summed E-state index contributed by atoms with van der Waals surface area (Å²) in [5.41, 5.74) is -0.281. The van der Waals surface area contributed by atoms with Crippen LogP contribution in [0.2, 0.25) is 0 Å². The predicted molar refractivity (Wildman–Crippen MR) is 66.4 cm³/mol. The van der Waals surface area contributed by atoms with Crippen molar-refractivity contribution in [3.8, 4) is 0 Å². The quantitative estimate of drug-likeness (QED) is 0.926. The molecule has 0 aliphatic carbocycles. The third-order valence-corrected chi connectivity index (χ3v) is 4.57. The Morgan fingerprint density at radius 1 is 1.67 bits per heavy atom. The van der Waals surface area contributed by atoms with Gasteiger partial charge in [-0.3, -0.25) is 4.79 Å². The number of Topliss-reactive ketones (excluding diaryl/α,β-unsaturated/α-hetero) is 1. The van der Waals surface area contributed by atoms with Crippen molar-refractivity contribution in [2.24, 2.45) is 0 Å². The third kappa shape index (κ3) is 2.49. The van der Waals surface area contributed by atoms with Crippen LogP contribution in [0, 0.1) is 0 Å². The molecule has 0 saturated carbocycles. The minimum Gasteiger partial charge on any atom is -0.305 e. The third-order valence-electron chi connectivity index (χ3n) is 2.95. The standard InChI is InChI=1S/C11H14BrNOS/c1-11(5-2-6-13-11)9(14)7-8-3-4-10(12)15-8/h3-4,13H,2,5-7H2,1H3. The number of halogens is 1. The maximum Gasteiger partial charge on any atom is 0.157 e. The van der Waals surface area contributed by atoms with Gasteiger partial charge in [-0.25, -0.2) is 0 Å². The van der Waals surface area contributed by atoms with Crippen LogP contribution in [0.4, 0.5) is 0 Å². The zero-order valence-electron chi connectivity index (χ0n) is 8.68. The highest BCUT2D eigenvalue weighted by Gasteiger charge is 2.35. The van der Waals surface area contributed by atoms with Crippen LogP contribution in [0.1, 0.15) is 24.6 Å². The summed E-state index contributed by atoms with van der Waals surface area (Å²) in [5.74, 6) is 0.314. The second-order valence-electron chi connectivity index (χ2n) is 4.17. The van der Waals surface area contributed by atoms with Crippen molar-refractivity contribution in [2.45, 2.75) is 31.7 Å². The number of rotatable bonds is 3. The van der Waals surface area contributed by atoms with Gasteiger partial charge >= 0.3 is 0 Å². The number of carbonyl (C=O) groups is 1. The highest BCUT2D eigenvalue weighted by Crippen LogP contribution is 2.26. The van der Waals surface area contributed by atoms with Gasteiger partial charge in [0.05, 0.1) is 9.33 Å². The van der Waals surface area contributed by atoms with Gasteiger partial charge in [-0.1, -0.05) is 0 Å². The Hall–Kier alpha value is -0.190. The Kier molecular flexibility index (Phi) is 3.28. The summed E-state index contributed by atoms with van der Waals surface area (Å²) >= 11 is 5.05. The van der Waals surface area contributed by atoms with E-state index in [1.54, 1.807) is 11.3 Å². The Bertz CT molecular complexity index is 368. The molecule has 82 valence electrons. The molecule has 0 aromatic carbocycles. The lowest BCUT2D eigenvalue weighted by Crippen LogP contribution is -2.45. The van der Waals surface area contributed by atoms with Crippen molar-refractivity contribution in [3.63, 3.8) is 0 Å². The maximum absolute atomic E-state index is 12.1. The van der Waals surface area contributed by atoms with Crippen molar-refractivity contribution in [1.82, 2.24) is 5.32 Å². The summed E-state index contributed by atoms with van der Waals surface area (Å²) in [7, 11) is 0. The monoisotopic (exact) mass is 287 g/mol. The topological polar surface area (TPSA) is 29.1 Å². The highest BCUT2D eigenvalue weighted by molar-refractivity contribution is 9.11. The van der Waals surface area contributed by atoms with E-state index in [2.05, 4.69) is 21.2 Å². The molecule has 1 aromatic rings. The minimum absolute atomic E-state index is 0.281. The summed E-state index contributed by atoms with van der Waals surface area (Å²) in [5, 5.41) is 3.30. The molecular weight excluding hydrogens is 274 g/mol. The van der Waals surface area contributed by atoms with Crippen molar-refractivity contribution >= 4 is 33.0 Å². The molecule has 1 atom stereocenters. The summed E-state index contributed by atoms with van der Waals surface area (Å²) in [6, 6.07) is 4.02. The lowest BCUT2D eigenvalue weighted by Gasteiger charge is -2.22. The molecule has 0 spiro atoms. The van der Waals surface area contributed by atoms with Crippen LogP contribution < -0.4 is 5.32 Å². The lowest BCUT2D eigenvalue weighted by atomic mass is 9.92. The second kappa shape index (κ2) is 4.36. The lowest BCUT2D eigenvalue weighted by molar-refractivity contribution is -0.123. The van der Waals surface area contributed by atoms with E-state index in [4.69, 9.17) is 0 Å². The van der Waals surface area contributed by atoms with E-state index in [0.29, 0.717) is 12.2 Å². The van der Waals surface area contributed by atoms with Crippen LogP contribution in [0.3, 0.4) is 0 Å². The average molecular weight is 288 g/mol. The van der Waals surface area contributed by atoms with E-state index in [1.165, 1.54) is 0 Å². The first-order valence-electron chi connectivity index (χ1n) is 5.13. The average Bonchev–Trinajstić information content (AvgIpc) is 2.76. The fourth-order valence-corrected chi connectivity index (χ4v) is 3.41. The van der Waals surface area contributed by atoms with E-state index in [-0.39, 0.29) is 5.54 Å². The van der Waals surface area contributed by atoms with Crippen LogP contribution in [-0.2, 0) is 11.2 Å². The number of hydrogen-bond acceptors (Lipinski definition) is 3. The molecule has 0 amide bonds. The van der Waals surface area contributed by atoms with Crippen LogP contribution in [0.5, 0.6) is 0 Å². The highest BCUT2D eigenvalue weighted by atomic mass is 79.9. The van der Waals surface area contributed by atoms with E-state index >= 15 is 0 Å². The Morgan fingerprint density at radius 2 is 2.47 bits per heavy atom. The molecule has 1 aliphatic rings. The zero-order valence-corrected chi connectivity index (χ0v) is 11.1. The van der Waals surface area contributed by atoms with E-state index < -0.39 is 0 Å². The second-order valence-corrected chi connectivity index (χ2v) is 6.72. The van der Waals surface area contributed by atoms with Crippen molar-refractivity contribution in [3.05, 3.63) is 20.8 Å². The number of hydrogen-bond donors (Lipinski definition) is 1. The molecule has 0 radical (unpaired) electrons. The van der Waals surface area contributed by atoms with Crippen molar-refractivity contribution in [1.29, 1.82) is 0 Å². The maximum atomic E-state index is 12.1. The molecule has 1 fully saturated rings. The summed E-state index contributed by atoms with van der Waals surface area (Å²) in [6.07, 6.45) is 2.63. The molecule has 1 N–H and O–H groups in total. The minimum atomic E-state index is -0.281. The van der Waals surface area contributed by atoms with Crippen LogP contribution in [0.25, 0.3) is 0 Å². The summed E-state index contributed by atoms with van der Waals surface area (Å²) in [6.45, 7) is 2.99. The normalized spacial score (nSPS) is 25.7. The Morgan fingerprint density at radius 3 is 3.00 bits per heavy atom. The van der Waals surface area contributed by atoms with Crippen molar-refractivity contribution in [2.75, 3.05) is 6.54 Å². The van der Waals surface area contributed by atoms with E-state index in [0.717, 1.165) is 28.0 Å². The number of thiophene rings is 1. The van der Waals surface area contributed by atoms with Gasteiger partial charge in [-0.15, -0.1) is 11.3 Å². The molecular formula is C11H14BrNOS. The molecule has 1 unspecified atom stereocenters.